The normalized spacial score (nSPS) is 20.0. The largest absolute Gasteiger partial charge is 0.438 e. The van der Waals surface area contributed by atoms with Gasteiger partial charge >= 0.3 is 0 Å². The van der Waals surface area contributed by atoms with Crippen LogP contribution in [-0.4, -0.2) is 35.0 Å². The first-order chi connectivity index (χ1) is 13.0. The third-order valence-corrected chi connectivity index (χ3v) is 4.78. The van der Waals surface area contributed by atoms with Crippen molar-refractivity contribution in [2.45, 2.75) is 19.4 Å². The number of hydrogen-bond donors (Lipinski definition) is 3. The number of rotatable bonds is 3. The van der Waals surface area contributed by atoms with Crippen LogP contribution in [0.3, 0.4) is 0 Å². The summed E-state index contributed by atoms with van der Waals surface area (Å²) in [6.45, 7) is 3.78. The molecule has 1 fully saturated rings. The van der Waals surface area contributed by atoms with Crippen molar-refractivity contribution in [3.05, 3.63) is 42.4 Å². The molecule has 0 aliphatic carbocycles. The summed E-state index contributed by atoms with van der Waals surface area (Å²) in [6.07, 6.45) is 5.93. The van der Waals surface area contributed by atoms with Gasteiger partial charge in [-0.15, -0.1) is 0 Å². The standard InChI is InChI=1S/C19H22N6O2/c1-11-7-12(20)10-25(9-11)14-4-6-22-8-13(14)24-19(26)16-17-15(27-18(16)21)3-2-5-23-17/h2-6,8,11-12H,7,9-10,20-21H2,1H3,(H,24,26). The fourth-order valence-electron chi connectivity index (χ4n) is 3.71. The van der Waals surface area contributed by atoms with Crippen molar-refractivity contribution >= 4 is 34.3 Å². The number of fused-ring (bicyclic) bond motifs is 1. The molecule has 2 atom stereocenters. The van der Waals surface area contributed by atoms with E-state index in [4.69, 9.17) is 15.9 Å². The van der Waals surface area contributed by atoms with Gasteiger partial charge in [0.2, 0.25) is 5.88 Å². The number of furan rings is 1. The van der Waals surface area contributed by atoms with Crippen LogP contribution in [0.1, 0.15) is 23.7 Å². The van der Waals surface area contributed by atoms with Gasteiger partial charge in [-0.05, 0) is 30.5 Å². The van der Waals surface area contributed by atoms with E-state index >= 15 is 0 Å². The third kappa shape index (κ3) is 3.31. The number of anilines is 3. The molecule has 4 rings (SSSR count). The lowest BCUT2D eigenvalue weighted by molar-refractivity contribution is 0.102. The number of piperidine rings is 1. The molecule has 3 aromatic rings. The Hall–Kier alpha value is -3.13. The van der Waals surface area contributed by atoms with E-state index < -0.39 is 0 Å². The Morgan fingerprint density at radius 1 is 1.33 bits per heavy atom. The summed E-state index contributed by atoms with van der Waals surface area (Å²) in [4.78, 5) is 23.5. The zero-order valence-electron chi connectivity index (χ0n) is 15.1. The van der Waals surface area contributed by atoms with Gasteiger partial charge in [-0.2, -0.15) is 0 Å². The molecule has 140 valence electrons. The van der Waals surface area contributed by atoms with E-state index in [-0.39, 0.29) is 23.4 Å². The van der Waals surface area contributed by atoms with Gasteiger partial charge in [0, 0.05) is 31.5 Å². The fourth-order valence-corrected chi connectivity index (χ4v) is 3.71. The summed E-state index contributed by atoms with van der Waals surface area (Å²) in [5.74, 6) is 0.136. The molecule has 3 aromatic heterocycles. The van der Waals surface area contributed by atoms with E-state index in [0.29, 0.717) is 22.7 Å². The molecule has 1 saturated heterocycles. The molecule has 0 spiro atoms. The van der Waals surface area contributed by atoms with Crippen LogP contribution in [0.2, 0.25) is 0 Å². The molecule has 0 bridgehead atoms. The summed E-state index contributed by atoms with van der Waals surface area (Å²) < 4.78 is 5.44. The summed E-state index contributed by atoms with van der Waals surface area (Å²) >= 11 is 0. The Morgan fingerprint density at radius 3 is 3.00 bits per heavy atom. The molecular weight excluding hydrogens is 344 g/mol. The monoisotopic (exact) mass is 366 g/mol. The van der Waals surface area contributed by atoms with Crippen molar-refractivity contribution in [3.63, 3.8) is 0 Å². The topological polar surface area (TPSA) is 123 Å². The molecule has 5 N–H and O–H groups in total. The second-order valence-corrected chi connectivity index (χ2v) is 7.04. The molecular formula is C19H22N6O2. The van der Waals surface area contributed by atoms with Gasteiger partial charge in [0.1, 0.15) is 11.1 Å². The van der Waals surface area contributed by atoms with Crippen LogP contribution < -0.4 is 21.7 Å². The first-order valence-electron chi connectivity index (χ1n) is 8.92. The smallest absolute Gasteiger partial charge is 0.263 e. The van der Waals surface area contributed by atoms with Crippen molar-refractivity contribution in [2.75, 3.05) is 29.0 Å². The summed E-state index contributed by atoms with van der Waals surface area (Å²) in [7, 11) is 0. The number of carbonyl (C=O) groups excluding carboxylic acids is 1. The van der Waals surface area contributed by atoms with Crippen LogP contribution in [0.25, 0.3) is 11.1 Å². The minimum Gasteiger partial charge on any atom is -0.438 e. The lowest BCUT2D eigenvalue weighted by atomic mass is 9.96. The summed E-state index contributed by atoms with van der Waals surface area (Å²) in [5, 5.41) is 2.91. The van der Waals surface area contributed by atoms with Gasteiger partial charge in [-0.3, -0.25) is 14.8 Å². The Labute approximate surface area is 156 Å². The molecule has 1 aliphatic rings. The van der Waals surface area contributed by atoms with E-state index in [1.54, 1.807) is 30.7 Å². The highest BCUT2D eigenvalue weighted by Crippen LogP contribution is 2.31. The molecule has 27 heavy (non-hydrogen) atoms. The van der Waals surface area contributed by atoms with E-state index in [1.165, 1.54) is 0 Å². The molecule has 8 nitrogen and oxygen atoms in total. The SMILES string of the molecule is CC1CC(N)CN(c2ccncc2NC(=O)c2c(N)oc3cccnc23)C1. The molecule has 0 radical (unpaired) electrons. The number of carbonyl (C=O) groups is 1. The van der Waals surface area contributed by atoms with Crippen molar-refractivity contribution in [1.82, 2.24) is 9.97 Å². The Balaban J connectivity index is 1.65. The number of hydrogen-bond acceptors (Lipinski definition) is 7. The fraction of sp³-hybridized carbons (Fsp3) is 0.316. The number of nitrogen functional groups attached to an aromatic ring is 1. The quantitative estimate of drug-likeness (QED) is 0.649. The molecule has 1 aliphatic heterocycles. The van der Waals surface area contributed by atoms with Crippen LogP contribution >= 0.6 is 0 Å². The third-order valence-electron chi connectivity index (χ3n) is 4.78. The van der Waals surface area contributed by atoms with Gasteiger partial charge in [-0.25, -0.2) is 0 Å². The van der Waals surface area contributed by atoms with Crippen molar-refractivity contribution in [1.29, 1.82) is 0 Å². The maximum atomic E-state index is 12.9. The maximum Gasteiger partial charge on any atom is 0.263 e. The Bertz CT molecular complexity index is 975. The zero-order chi connectivity index (χ0) is 19.0. The highest BCUT2D eigenvalue weighted by atomic mass is 16.3. The maximum absolute atomic E-state index is 12.9. The van der Waals surface area contributed by atoms with Crippen molar-refractivity contribution in [2.24, 2.45) is 11.7 Å². The number of aromatic nitrogens is 2. The van der Waals surface area contributed by atoms with Gasteiger partial charge < -0.3 is 26.1 Å². The second kappa shape index (κ2) is 6.88. The Morgan fingerprint density at radius 2 is 2.19 bits per heavy atom. The van der Waals surface area contributed by atoms with Crippen LogP contribution in [0.15, 0.2) is 41.2 Å². The summed E-state index contributed by atoms with van der Waals surface area (Å²) in [5.41, 5.74) is 14.7. The lowest BCUT2D eigenvalue weighted by Gasteiger charge is -2.37. The average Bonchev–Trinajstić information content (AvgIpc) is 2.97. The zero-order valence-corrected chi connectivity index (χ0v) is 15.1. The van der Waals surface area contributed by atoms with E-state index in [1.807, 2.05) is 6.07 Å². The van der Waals surface area contributed by atoms with E-state index in [2.05, 4.69) is 27.1 Å². The number of amides is 1. The van der Waals surface area contributed by atoms with Crippen LogP contribution in [-0.2, 0) is 0 Å². The lowest BCUT2D eigenvalue weighted by Crippen LogP contribution is -2.46. The van der Waals surface area contributed by atoms with Crippen LogP contribution in [0.5, 0.6) is 0 Å². The minimum absolute atomic E-state index is 0.0419. The van der Waals surface area contributed by atoms with Gasteiger partial charge in [0.25, 0.3) is 5.91 Å². The number of nitrogens with zero attached hydrogens (tertiary/aromatic N) is 3. The predicted octanol–water partition coefficient (Wildman–Crippen LogP) is 2.23. The minimum atomic E-state index is -0.381. The molecule has 0 aromatic carbocycles. The number of nitrogens with one attached hydrogen (secondary N) is 1. The van der Waals surface area contributed by atoms with Crippen molar-refractivity contribution < 1.29 is 9.21 Å². The molecule has 2 unspecified atom stereocenters. The second-order valence-electron chi connectivity index (χ2n) is 7.04. The molecule has 1 amide bonds. The van der Waals surface area contributed by atoms with Crippen molar-refractivity contribution in [3.8, 4) is 0 Å². The summed E-state index contributed by atoms with van der Waals surface area (Å²) in [6, 6.07) is 5.44. The predicted molar refractivity (Wildman–Crippen MR) is 105 cm³/mol. The molecule has 4 heterocycles. The van der Waals surface area contributed by atoms with Crippen LogP contribution in [0, 0.1) is 5.92 Å². The Kier molecular flexibility index (Phi) is 4.41. The van der Waals surface area contributed by atoms with Crippen LogP contribution in [0.4, 0.5) is 17.3 Å². The van der Waals surface area contributed by atoms with E-state index in [9.17, 15) is 4.79 Å². The molecule has 0 saturated carbocycles. The highest BCUT2D eigenvalue weighted by molar-refractivity contribution is 6.15. The first-order valence-corrected chi connectivity index (χ1v) is 8.92. The van der Waals surface area contributed by atoms with Gasteiger partial charge in [-0.1, -0.05) is 6.92 Å². The number of nitrogens with two attached hydrogens (primary N) is 2. The number of pyridine rings is 2. The average molecular weight is 366 g/mol. The van der Waals surface area contributed by atoms with Gasteiger partial charge in [0.15, 0.2) is 5.58 Å². The molecule has 8 heteroatoms. The van der Waals surface area contributed by atoms with Gasteiger partial charge in [0.05, 0.1) is 17.6 Å². The van der Waals surface area contributed by atoms with E-state index in [0.717, 1.165) is 25.2 Å². The highest BCUT2D eigenvalue weighted by Gasteiger charge is 2.26. The first kappa shape index (κ1) is 17.3.